The number of hydrogen-bond acceptors (Lipinski definition) is 2. The zero-order valence-electron chi connectivity index (χ0n) is 14.1. The van der Waals surface area contributed by atoms with Gasteiger partial charge in [0.05, 0.1) is 0 Å². The highest BCUT2D eigenvalue weighted by atomic mass is 16.5. The summed E-state index contributed by atoms with van der Waals surface area (Å²) in [5.41, 5.74) is 1.80. The second-order valence-electron chi connectivity index (χ2n) is 6.53. The van der Waals surface area contributed by atoms with Crippen LogP contribution in [-0.4, -0.2) is 5.97 Å². The van der Waals surface area contributed by atoms with Gasteiger partial charge in [0.15, 0.2) is 0 Å². The van der Waals surface area contributed by atoms with Crippen LogP contribution in [0.5, 0.6) is 5.75 Å². The fraction of sp³-hybridized carbons (Fsp3) is 0.0417. The number of carbonyl (C=O) groups excluding carboxylic acids is 1. The molecule has 2 nitrogen and oxygen atoms in total. The van der Waals surface area contributed by atoms with Crippen molar-refractivity contribution < 1.29 is 9.53 Å². The minimum Gasteiger partial charge on any atom is -0.424 e. The molecule has 26 heavy (non-hydrogen) atoms. The molecule has 0 unspecified atom stereocenters. The first-order chi connectivity index (χ1) is 12.8. The second-order valence-corrected chi connectivity index (χ2v) is 6.53. The minimum absolute atomic E-state index is 0.249. The molecule has 0 amide bonds. The van der Waals surface area contributed by atoms with E-state index < -0.39 is 5.41 Å². The van der Waals surface area contributed by atoms with Gasteiger partial charge in [0.2, 0.25) is 0 Å². The van der Waals surface area contributed by atoms with Crippen LogP contribution in [0.25, 0.3) is 10.8 Å². The Balaban J connectivity index is 1.91. The van der Waals surface area contributed by atoms with Crippen molar-refractivity contribution >= 4 is 16.7 Å². The summed E-state index contributed by atoms with van der Waals surface area (Å²) in [6.07, 6.45) is 0. The van der Waals surface area contributed by atoms with Crippen molar-refractivity contribution in [3.05, 3.63) is 114 Å². The fourth-order valence-electron chi connectivity index (χ4n) is 4.02. The molecule has 124 valence electrons. The summed E-state index contributed by atoms with van der Waals surface area (Å²) >= 11 is 0. The molecule has 0 radical (unpaired) electrons. The number of rotatable bonds is 2. The van der Waals surface area contributed by atoms with Crippen LogP contribution in [0.3, 0.4) is 0 Å². The Bertz CT molecular complexity index is 1080. The van der Waals surface area contributed by atoms with Crippen LogP contribution in [-0.2, 0) is 10.2 Å². The molecule has 0 saturated heterocycles. The molecule has 0 saturated carbocycles. The first kappa shape index (κ1) is 14.9. The van der Waals surface area contributed by atoms with Gasteiger partial charge in [-0.3, -0.25) is 0 Å². The van der Waals surface area contributed by atoms with Crippen molar-refractivity contribution in [2.45, 2.75) is 5.41 Å². The van der Waals surface area contributed by atoms with E-state index in [1.807, 2.05) is 91.0 Å². The zero-order chi connectivity index (χ0) is 17.6. The van der Waals surface area contributed by atoms with Crippen molar-refractivity contribution in [3.8, 4) is 5.75 Å². The smallest absolute Gasteiger partial charge is 0.331 e. The lowest BCUT2D eigenvalue weighted by Crippen LogP contribution is -2.36. The molecular weight excluding hydrogens is 320 g/mol. The molecule has 4 aromatic carbocycles. The standard InChI is InChI=1S/C24H16O2/c25-23-24(18-10-3-1-4-11-18,19-12-5-2-6-13-19)21-16-15-17-9-7-8-14-20(17)22(21)26-23/h1-16H. The molecule has 5 rings (SSSR count). The summed E-state index contributed by atoms with van der Waals surface area (Å²) in [5.74, 6) is 0.419. The number of ether oxygens (including phenoxy) is 1. The van der Waals surface area contributed by atoms with Gasteiger partial charge >= 0.3 is 5.97 Å². The molecule has 0 atom stereocenters. The first-order valence-corrected chi connectivity index (χ1v) is 8.67. The van der Waals surface area contributed by atoms with Crippen LogP contribution in [0.15, 0.2) is 97.1 Å². The fourth-order valence-corrected chi connectivity index (χ4v) is 4.02. The van der Waals surface area contributed by atoms with Crippen LogP contribution < -0.4 is 4.74 Å². The second kappa shape index (κ2) is 5.57. The monoisotopic (exact) mass is 336 g/mol. The maximum absolute atomic E-state index is 13.4. The molecule has 4 aromatic rings. The number of benzene rings is 4. The van der Waals surface area contributed by atoms with E-state index in [9.17, 15) is 4.79 Å². The van der Waals surface area contributed by atoms with Crippen LogP contribution in [0.1, 0.15) is 16.7 Å². The average molecular weight is 336 g/mol. The van der Waals surface area contributed by atoms with Gasteiger partial charge in [0.1, 0.15) is 11.2 Å². The van der Waals surface area contributed by atoms with Gasteiger partial charge < -0.3 is 4.74 Å². The Hall–Kier alpha value is -3.39. The Morgan fingerprint density at radius 1 is 0.615 bits per heavy atom. The van der Waals surface area contributed by atoms with Crippen molar-refractivity contribution in [3.63, 3.8) is 0 Å². The third kappa shape index (κ3) is 1.90. The van der Waals surface area contributed by atoms with Crippen LogP contribution in [0.4, 0.5) is 0 Å². The van der Waals surface area contributed by atoms with Gasteiger partial charge in [-0.25, -0.2) is 4.79 Å². The molecule has 2 heteroatoms. The lowest BCUT2D eigenvalue weighted by Gasteiger charge is -2.27. The number of carbonyl (C=O) groups is 1. The van der Waals surface area contributed by atoms with Crippen molar-refractivity contribution in [2.24, 2.45) is 0 Å². The molecule has 0 spiro atoms. The topological polar surface area (TPSA) is 26.3 Å². The van der Waals surface area contributed by atoms with Gasteiger partial charge in [0.25, 0.3) is 0 Å². The molecule has 1 heterocycles. The normalized spacial score (nSPS) is 14.8. The van der Waals surface area contributed by atoms with Gasteiger partial charge in [0, 0.05) is 10.9 Å². The maximum atomic E-state index is 13.4. The van der Waals surface area contributed by atoms with E-state index in [0.717, 1.165) is 27.5 Å². The Kier molecular flexibility index (Phi) is 3.19. The zero-order valence-corrected chi connectivity index (χ0v) is 14.1. The van der Waals surface area contributed by atoms with Crippen molar-refractivity contribution in [2.75, 3.05) is 0 Å². The SMILES string of the molecule is O=C1Oc2c(ccc3ccccc23)C1(c1ccccc1)c1ccccc1. The van der Waals surface area contributed by atoms with Gasteiger partial charge in [-0.15, -0.1) is 0 Å². The van der Waals surface area contributed by atoms with E-state index in [1.54, 1.807) is 0 Å². The number of fused-ring (bicyclic) bond motifs is 3. The number of hydrogen-bond donors (Lipinski definition) is 0. The summed E-state index contributed by atoms with van der Waals surface area (Å²) < 4.78 is 5.91. The van der Waals surface area contributed by atoms with Crippen LogP contribution >= 0.6 is 0 Å². The Labute approximate surface area is 151 Å². The van der Waals surface area contributed by atoms with Crippen molar-refractivity contribution in [1.82, 2.24) is 0 Å². The summed E-state index contributed by atoms with van der Waals surface area (Å²) in [6.45, 7) is 0. The Morgan fingerprint density at radius 2 is 1.19 bits per heavy atom. The lowest BCUT2D eigenvalue weighted by molar-refractivity contribution is -0.135. The highest BCUT2D eigenvalue weighted by Gasteiger charge is 2.52. The Morgan fingerprint density at radius 3 is 1.85 bits per heavy atom. The molecular formula is C24H16O2. The minimum atomic E-state index is -0.943. The first-order valence-electron chi connectivity index (χ1n) is 8.67. The summed E-state index contributed by atoms with van der Waals surface area (Å²) in [7, 11) is 0. The largest absolute Gasteiger partial charge is 0.424 e. The van der Waals surface area contributed by atoms with E-state index >= 15 is 0 Å². The molecule has 0 N–H and O–H groups in total. The third-order valence-corrected chi connectivity index (χ3v) is 5.20. The summed E-state index contributed by atoms with van der Waals surface area (Å²) in [6, 6.07) is 31.9. The summed E-state index contributed by atoms with van der Waals surface area (Å²) in [5, 5.41) is 2.03. The van der Waals surface area contributed by atoms with Gasteiger partial charge in [-0.05, 0) is 16.5 Å². The van der Waals surface area contributed by atoms with Crippen molar-refractivity contribution in [1.29, 1.82) is 0 Å². The van der Waals surface area contributed by atoms with Gasteiger partial charge in [-0.2, -0.15) is 0 Å². The molecule has 0 bridgehead atoms. The van der Waals surface area contributed by atoms with Crippen LogP contribution in [0, 0.1) is 0 Å². The molecule has 0 aliphatic carbocycles. The maximum Gasteiger partial charge on any atom is 0.331 e. The predicted molar refractivity (Wildman–Crippen MR) is 102 cm³/mol. The summed E-state index contributed by atoms with van der Waals surface area (Å²) in [4.78, 5) is 13.4. The quantitative estimate of drug-likeness (QED) is 0.376. The van der Waals surface area contributed by atoms with E-state index in [0.29, 0.717) is 5.75 Å². The lowest BCUT2D eigenvalue weighted by atomic mass is 9.70. The predicted octanol–water partition coefficient (Wildman–Crippen LogP) is 5.09. The molecule has 1 aliphatic rings. The van der Waals surface area contributed by atoms with Crippen LogP contribution in [0.2, 0.25) is 0 Å². The highest BCUT2D eigenvalue weighted by molar-refractivity contribution is 6.04. The van der Waals surface area contributed by atoms with E-state index in [1.165, 1.54) is 0 Å². The molecule has 1 aliphatic heterocycles. The number of esters is 1. The van der Waals surface area contributed by atoms with E-state index in [-0.39, 0.29) is 5.97 Å². The van der Waals surface area contributed by atoms with E-state index in [2.05, 4.69) is 6.07 Å². The van der Waals surface area contributed by atoms with Gasteiger partial charge in [-0.1, -0.05) is 97.1 Å². The van der Waals surface area contributed by atoms with E-state index in [4.69, 9.17) is 4.74 Å². The third-order valence-electron chi connectivity index (χ3n) is 5.20. The molecule has 0 aromatic heterocycles. The molecule has 0 fully saturated rings. The highest BCUT2D eigenvalue weighted by Crippen LogP contribution is 2.51. The average Bonchev–Trinajstić information content (AvgIpc) is 3.02.